The van der Waals surface area contributed by atoms with E-state index in [0.717, 1.165) is 25.8 Å². The second-order valence-electron chi connectivity index (χ2n) is 3.15. The monoisotopic (exact) mass is 208 g/mol. The standard InChI is InChI=1S/C8H16N2O2.ClH/c9-7-3-1-2-4-10(5-6-11)8(7)12;/h7,11H,1-6,9H2;1H. The van der Waals surface area contributed by atoms with Gasteiger partial charge in [-0.2, -0.15) is 0 Å². The summed E-state index contributed by atoms with van der Waals surface area (Å²) in [4.78, 5) is 13.1. The third-order valence-electron chi connectivity index (χ3n) is 2.19. The van der Waals surface area contributed by atoms with Crippen LogP contribution in [0.1, 0.15) is 19.3 Å². The van der Waals surface area contributed by atoms with Crippen molar-refractivity contribution in [2.75, 3.05) is 19.7 Å². The van der Waals surface area contributed by atoms with Gasteiger partial charge in [0.05, 0.1) is 12.6 Å². The molecule has 0 aromatic heterocycles. The number of β-amino-alcohol motifs (C(OH)–C–C–N with tert-alkyl or cyclic N) is 1. The average Bonchev–Trinajstić information content (AvgIpc) is 2.20. The lowest BCUT2D eigenvalue weighted by Gasteiger charge is -2.21. The fourth-order valence-electron chi connectivity index (χ4n) is 1.48. The first-order valence-electron chi connectivity index (χ1n) is 4.41. The summed E-state index contributed by atoms with van der Waals surface area (Å²) < 4.78 is 0. The first-order valence-corrected chi connectivity index (χ1v) is 4.41. The molecular weight excluding hydrogens is 192 g/mol. The number of amides is 1. The number of hydrogen-bond donors (Lipinski definition) is 2. The molecule has 78 valence electrons. The highest BCUT2D eigenvalue weighted by molar-refractivity contribution is 5.85. The molecule has 1 atom stereocenters. The summed E-state index contributed by atoms with van der Waals surface area (Å²) in [6.07, 6.45) is 2.79. The Bertz CT molecular complexity index is 166. The normalized spacial score (nSPS) is 23.7. The highest BCUT2D eigenvalue weighted by Crippen LogP contribution is 2.09. The Morgan fingerprint density at radius 2 is 2.23 bits per heavy atom. The van der Waals surface area contributed by atoms with Crippen LogP contribution in [0.4, 0.5) is 0 Å². The zero-order valence-corrected chi connectivity index (χ0v) is 8.42. The molecule has 3 N–H and O–H groups in total. The molecule has 0 aliphatic carbocycles. The van der Waals surface area contributed by atoms with Crippen LogP contribution in [0.15, 0.2) is 0 Å². The summed E-state index contributed by atoms with van der Waals surface area (Å²) in [6.45, 7) is 1.19. The van der Waals surface area contributed by atoms with Crippen LogP contribution in [0.2, 0.25) is 0 Å². The van der Waals surface area contributed by atoms with E-state index >= 15 is 0 Å². The van der Waals surface area contributed by atoms with Gasteiger partial charge in [-0.1, -0.05) is 0 Å². The lowest BCUT2D eigenvalue weighted by Crippen LogP contribution is -2.43. The average molecular weight is 209 g/mol. The number of halogens is 1. The smallest absolute Gasteiger partial charge is 0.239 e. The van der Waals surface area contributed by atoms with Crippen LogP contribution in [0.25, 0.3) is 0 Å². The maximum Gasteiger partial charge on any atom is 0.239 e. The topological polar surface area (TPSA) is 66.6 Å². The van der Waals surface area contributed by atoms with Crippen LogP contribution >= 0.6 is 12.4 Å². The van der Waals surface area contributed by atoms with Gasteiger partial charge in [0, 0.05) is 13.1 Å². The molecule has 1 saturated heterocycles. The van der Waals surface area contributed by atoms with Crippen molar-refractivity contribution in [3.63, 3.8) is 0 Å². The number of nitrogens with zero attached hydrogens (tertiary/aromatic N) is 1. The fourth-order valence-corrected chi connectivity index (χ4v) is 1.48. The molecule has 1 unspecified atom stereocenters. The molecule has 13 heavy (non-hydrogen) atoms. The van der Waals surface area contributed by atoms with Gasteiger partial charge in [0.25, 0.3) is 0 Å². The van der Waals surface area contributed by atoms with Gasteiger partial charge in [0.2, 0.25) is 5.91 Å². The molecule has 0 aromatic rings. The molecule has 1 fully saturated rings. The minimum atomic E-state index is -0.348. The predicted molar refractivity (Wildman–Crippen MR) is 52.7 cm³/mol. The van der Waals surface area contributed by atoms with Gasteiger partial charge in [-0.3, -0.25) is 4.79 Å². The first-order chi connectivity index (χ1) is 5.75. The maximum absolute atomic E-state index is 11.4. The van der Waals surface area contributed by atoms with Crippen molar-refractivity contribution in [3.8, 4) is 0 Å². The Hall–Kier alpha value is -0.320. The molecule has 1 aliphatic rings. The van der Waals surface area contributed by atoms with Crippen LogP contribution < -0.4 is 5.73 Å². The maximum atomic E-state index is 11.4. The van der Waals surface area contributed by atoms with Gasteiger partial charge in [0.1, 0.15) is 0 Å². The van der Waals surface area contributed by atoms with Gasteiger partial charge >= 0.3 is 0 Å². The SMILES string of the molecule is Cl.NC1CCCCN(CCO)C1=O. The molecule has 4 nitrogen and oxygen atoms in total. The van der Waals surface area contributed by atoms with E-state index in [1.807, 2.05) is 0 Å². The van der Waals surface area contributed by atoms with Crippen molar-refractivity contribution in [1.29, 1.82) is 0 Å². The van der Waals surface area contributed by atoms with E-state index in [1.165, 1.54) is 0 Å². The number of aliphatic hydroxyl groups is 1. The number of rotatable bonds is 2. The van der Waals surface area contributed by atoms with Crippen molar-refractivity contribution < 1.29 is 9.90 Å². The van der Waals surface area contributed by atoms with Crippen molar-refractivity contribution in [1.82, 2.24) is 4.90 Å². The molecule has 0 radical (unpaired) electrons. The number of nitrogens with two attached hydrogens (primary N) is 1. The Kier molecular flexibility index (Phi) is 6.03. The molecule has 1 aliphatic heterocycles. The first kappa shape index (κ1) is 12.7. The quantitative estimate of drug-likeness (QED) is 0.657. The molecule has 5 heteroatoms. The molecule has 0 bridgehead atoms. The highest BCUT2D eigenvalue weighted by Gasteiger charge is 2.22. The van der Waals surface area contributed by atoms with Crippen molar-refractivity contribution in [2.45, 2.75) is 25.3 Å². The number of hydrogen-bond acceptors (Lipinski definition) is 3. The molecule has 1 amide bonds. The van der Waals surface area contributed by atoms with Gasteiger partial charge in [-0.25, -0.2) is 0 Å². The lowest BCUT2D eigenvalue weighted by atomic mass is 10.1. The summed E-state index contributed by atoms with van der Waals surface area (Å²) in [5.41, 5.74) is 5.63. The van der Waals surface area contributed by atoms with Crippen LogP contribution in [0.5, 0.6) is 0 Å². The van der Waals surface area contributed by atoms with E-state index in [0.29, 0.717) is 6.54 Å². The third kappa shape index (κ3) is 3.50. The zero-order chi connectivity index (χ0) is 8.97. The molecule has 0 aromatic carbocycles. The summed E-state index contributed by atoms with van der Waals surface area (Å²) in [6, 6.07) is -0.348. The minimum absolute atomic E-state index is 0. The zero-order valence-electron chi connectivity index (χ0n) is 7.61. The third-order valence-corrected chi connectivity index (χ3v) is 2.19. The number of aliphatic hydroxyl groups excluding tert-OH is 1. The lowest BCUT2D eigenvalue weighted by molar-refractivity contribution is -0.132. The van der Waals surface area contributed by atoms with Crippen molar-refractivity contribution in [2.24, 2.45) is 5.73 Å². The molecule has 1 heterocycles. The number of likely N-dealkylation sites (tertiary alicyclic amines) is 1. The summed E-state index contributed by atoms with van der Waals surface area (Å²) >= 11 is 0. The second kappa shape index (κ2) is 6.18. The van der Waals surface area contributed by atoms with Crippen LogP contribution in [-0.4, -0.2) is 41.7 Å². The van der Waals surface area contributed by atoms with Gasteiger partial charge in [-0.15, -0.1) is 12.4 Å². The summed E-state index contributed by atoms with van der Waals surface area (Å²) in [5.74, 6) is -0.0125. The molecule has 1 rings (SSSR count). The Morgan fingerprint density at radius 3 is 2.85 bits per heavy atom. The second-order valence-corrected chi connectivity index (χ2v) is 3.15. The Morgan fingerprint density at radius 1 is 1.54 bits per heavy atom. The predicted octanol–water partition coefficient (Wildman–Crippen LogP) is -0.260. The van der Waals surface area contributed by atoms with E-state index in [-0.39, 0.29) is 31.0 Å². The Labute approximate surface area is 84.5 Å². The highest BCUT2D eigenvalue weighted by atomic mass is 35.5. The van der Waals surface area contributed by atoms with E-state index in [2.05, 4.69) is 0 Å². The summed E-state index contributed by atoms with van der Waals surface area (Å²) in [7, 11) is 0. The molecule has 0 spiro atoms. The van der Waals surface area contributed by atoms with E-state index in [1.54, 1.807) is 4.90 Å². The van der Waals surface area contributed by atoms with Gasteiger partial charge in [-0.05, 0) is 19.3 Å². The minimum Gasteiger partial charge on any atom is -0.395 e. The van der Waals surface area contributed by atoms with Crippen LogP contribution in [0.3, 0.4) is 0 Å². The number of carbonyl (C=O) groups is 1. The largest absolute Gasteiger partial charge is 0.395 e. The van der Waals surface area contributed by atoms with Crippen LogP contribution in [-0.2, 0) is 4.79 Å². The fraction of sp³-hybridized carbons (Fsp3) is 0.875. The van der Waals surface area contributed by atoms with Crippen molar-refractivity contribution in [3.05, 3.63) is 0 Å². The van der Waals surface area contributed by atoms with E-state index in [4.69, 9.17) is 10.8 Å². The van der Waals surface area contributed by atoms with Crippen LogP contribution in [0, 0.1) is 0 Å². The van der Waals surface area contributed by atoms with Gasteiger partial charge < -0.3 is 15.7 Å². The number of carbonyl (C=O) groups excluding carboxylic acids is 1. The molecular formula is C8H17ClN2O2. The summed E-state index contributed by atoms with van der Waals surface area (Å²) in [5, 5.41) is 8.68. The van der Waals surface area contributed by atoms with E-state index < -0.39 is 0 Å². The van der Waals surface area contributed by atoms with Crippen molar-refractivity contribution >= 4 is 18.3 Å². The van der Waals surface area contributed by atoms with Gasteiger partial charge in [0.15, 0.2) is 0 Å². The van der Waals surface area contributed by atoms with E-state index in [9.17, 15) is 4.79 Å². The molecule has 0 saturated carbocycles. The Balaban J connectivity index is 0.00000144.